The number of hydrogen-bond donors (Lipinski definition) is 0. The fourth-order valence-corrected chi connectivity index (χ4v) is 6.41. The Morgan fingerprint density at radius 2 is 1.76 bits per heavy atom. The third-order valence-electron chi connectivity index (χ3n) is 8.28. The molecule has 3 aliphatic rings. The maximum absolute atomic E-state index is 13.9. The topological polar surface area (TPSA) is 85.3 Å². The largest absolute Gasteiger partial charge is 0.458 e. The van der Waals surface area contributed by atoms with Crippen LogP contribution in [0.1, 0.15) is 63.0 Å². The molecule has 0 N–H and O–H groups in total. The number of carbonyl (C=O) groups excluding carboxylic acids is 2. The van der Waals surface area contributed by atoms with Crippen molar-refractivity contribution >= 4 is 11.9 Å². The van der Waals surface area contributed by atoms with Crippen molar-refractivity contribution in [3.63, 3.8) is 0 Å². The molecule has 37 heavy (non-hydrogen) atoms. The lowest BCUT2D eigenvalue weighted by Crippen LogP contribution is -2.49. The Balaban J connectivity index is 1.32. The number of piperidine rings is 1. The highest BCUT2D eigenvalue weighted by atomic mass is 16.6. The van der Waals surface area contributed by atoms with E-state index in [1.54, 1.807) is 12.4 Å². The van der Waals surface area contributed by atoms with Gasteiger partial charge in [0.2, 0.25) is 5.91 Å². The maximum atomic E-state index is 13.9. The number of rotatable bonds is 4. The molecule has 3 fully saturated rings. The number of amides is 1. The molecular formula is C30H32N4O3. The maximum Gasteiger partial charge on any atom is 0.307 e. The highest BCUT2D eigenvalue weighted by molar-refractivity contribution is 5.88. The molecule has 2 atom stereocenters. The van der Waals surface area contributed by atoms with E-state index in [0.29, 0.717) is 18.9 Å². The van der Waals surface area contributed by atoms with E-state index < -0.39 is 5.60 Å². The normalized spacial score (nSPS) is 23.1. The van der Waals surface area contributed by atoms with Crippen LogP contribution in [0.2, 0.25) is 0 Å². The van der Waals surface area contributed by atoms with E-state index in [4.69, 9.17) is 9.72 Å². The lowest BCUT2D eigenvalue weighted by molar-refractivity contribution is -0.156. The van der Waals surface area contributed by atoms with Gasteiger partial charge < -0.3 is 9.64 Å². The first kappa shape index (κ1) is 23.8. The predicted molar refractivity (Wildman–Crippen MR) is 139 cm³/mol. The second-order valence-corrected chi connectivity index (χ2v) is 10.6. The van der Waals surface area contributed by atoms with Crippen molar-refractivity contribution < 1.29 is 14.3 Å². The summed E-state index contributed by atoms with van der Waals surface area (Å²) in [4.78, 5) is 42.1. The first-order valence-corrected chi connectivity index (χ1v) is 13.5. The SMILES string of the molecule is O=C1CC(C(=O)N2CCCC(c3nc(-c4ccncc4)ncc3-c3ccccc3)C2)C2(CCCCC2)O1. The molecule has 0 radical (unpaired) electrons. The summed E-state index contributed by atoms with van der Waals surface area (Å²) in [6, 6.07) is 14.0. The van der Waals surface area contributed by atoms with Gasteiger partial charge in [-0.15, -0.1) is 0 Å². The fraction of sp³-hybridized carbons (Fsp3) is 0.433. The fourth-order valence-electron chi connectivity index (χ4n) is 6.41. The minimum Gasteiger partial charge on any atom is -0.458 e. The first-order valence-electron chi connectivity index (χ1n) is 13.5. The number of benzene rings is 1. The van der Waals surface area contributed by atoms with Crippen molar-refractivity contribution in [3.05, 3.63) is 66.7 Å². The molecule has 4 heterocycles. The van der Waals surface area contributed by atoms with Crippen LogP contribution in [-0.2, 0) is 14.3 Å². The number of likely N-dealkylation sites (tertiary alicyclic amines) is 1. The van der Waals surface area contributed by atoms with Crippen LogP contribution < -0.4 is 0 Å². The van der Waals surface area contributed by atoms with Gasteiger partial charge >= 0.3 is 5.97 Å². The average Bonchev–Trinajstić information content (AvgIpc) is 3.28. The number of pyridine rings is 1. The zero-order valence-corrected chi connectivity index (χ0v) is 21.0. The number of aromatic nitrogens is 3. The minimum absolute atomic E-state index is 0.0714. The van der Waals surface area contributed by atoms with E-state index in [1.807, 2.05) is 41.4 Å². The summed E-state index contributed by atoms with van der Waals surface area (Å²) in [5.41, 5.74) is 3.36. The Labute approximate surface area is 217 Å². The Morgan fingerprint density at radius 1 is 0.973 bits per heavy atom. The molecule has 7 nitrogen and oxygen atoms in total. The van der Waals surface area contributed by atoms with Crippen molar-refractivity contribution in [1.82, 2.24) is 19.9 Å². The van der Waals surface area contributed by atoms with Gasteiger partial charge in [0.05, 0.1) is 18.0 Å². The molecule has 1 saturated carbocycles. The van der Waals surface area contributed by atoms with Crippen LogP contribution in [0.4, 0.5) is 0 Å². The number of carbonyl (C=O) groups is 2. The lowest BCUT2D eigenvalue weighted by Gasteiger charge is -2.40. The molecule has 190 valence electrons. The zero-order chi connectivity index (χ0) is 25.2. The van der Waals surface area contributed by atoms with Gasteiger partial charge in [0, 0.05) is 48.7 Å². The second kappa shape index (κ2) is 10.0. The van der Waals surface area contributed by atoms with Crippen LogP contribution in [0.15, 0.2) is 61.1 Å². The number of ether oxygens (including phenoxy) is 1. The van der Waals surface area contributed by atoms with Gasteiger partial charge in [0.15, 0.2) is 5.82 Å². The van der Waals surface area contributed by atoms with Gasteiger partial charge in [0.1, 0.15) is 5.60 Å². The lowest BCUT2D eigenvalue weighted by atomic mass is 9.75. The van der Waals surface area contributed by atoms with E-state index in [1.165, 1.54) is 0 Å². The molecule has 3 aromatic rings. The van der Waals surface area contributed by atoms with E-state index in [9.17, 15) is 9.59 Å². The molecule has 2 aromatic heterocycles. The molecule has 7 heteroatoms. The van der Waals surface area contributed by atoms with Gasteiger partial charge in [-0.3, -0.25) is 14.6 Å². The number of hydrogen-bond acceptors (Lipinski definition) is 6. The van der Waals surface area contributed by atoms with Crippen LogP contribution in [-0.4, -0.2) is 50.4 Å². The summed E-state index contributed by atoms with van der Waals surface area (Å²) in [5, 5.41) is 0. The van der Waals surface area contributed by atoms with Crippen molar-refractivity contribution in [2.45, 2.75) is 62.9 Å². The Hall–Kier alpha value is -3.61. The highest BCUT2D eigenvalue weighted by Gasteiger charge is 2.54. The number of nitrogens with zero attached hydrogens (tertiary/aromatic N) is 4. The van der Waals surface area contributed by atoms with Crippen molar-refractivity contribution in [2.75, 3.05) is 13.1 Å². The van der Waals surface area contributed by atoms with Crippen LogP contribution in [0.25, 0.3) is 22.5 Å². The zero-order valence-electron chi connectivity index (χ0n) is 21.0. The van der Waals surface area contributed by atoms with Gasteiger partial charge in [-0.2, -0.15) is 0 Å². The summed E-state index contributed by atoms with van der Waals surface area (Å²) >= 11 is 0. The molecule has 1 aromatic carbocycles. The Kier molecular flexibility index (Phi) is 6.45. The Morgan fingerprint density at radius 3 is 2.54 bits per heavy atom. The van der Waals surface area contributed by atoms with Crippen LogP contribution >= 0.6 is 0 Å². The average molecular weight is 497 g/mol. The molecule has 1 aliphatic carbocycles. The van der Waals surface area contributed by atoms with Crippen LogP contribution in [0.3, 0.4) is 0 Å². The van der Waals surface area contributed by atoms with Crippen molar-refractivity contribution in [3.8, 4) is 22.5 Å². The summed E-state index contributed by atoms with van der Waals surface area (Å²) in [5.74, 6) is 0.221. The van der Waals surface area contributed by atoms with Crippen LogP contribution in [0, 0.1) is 5.92 Å². The smallest absolute Gasteiger partial charge is 0.307 e. The molecular weight excluding hydrogens is 464 g/mol. The molecule has 0 bridgehead atoms. The standard InChI is InChI=1S/C30H32N4O3/c35-26-18-25(30(37-26)13-5-2-6-14-30)29(36)34-17-7-10-23(20-34)27-24(21-8-3-1-4-9-21)19-32-28(33-27)22-11-15-31-16-12-22/h1,3-4,8-9,11-12,15-16,19,23,25H,2,5-7,10,13-14,17-18,20H2. The molecule has 2 unspecified atom stereocenters. The summed E-state index contributed by atoms with van der Waals surface area (Å²) < 4.78 is 5.86. The van der Waals surface area contributed by atoms with E-state index in [0.717, 1.165) is 67.3 Å². The molecule has 2 aliphatic heterocycles. The third kappa shape index (κ3) is 4.63. The van der Waals surface area contributed by atoms with Gasteiger partial charge in [-0.05, 0) is 56.2 Å². The van der Waals surface area contributed by atoms with E-state index in [-0.39, 0.29) is 30.1 Å². The molecule has 6 rings (SSSR count). The summed E-state index contributed by atoms with van der Waals surface area (Å²) in [6.45, 7) is 1.30. The molecule has 2 saturated heterocycles. The van der Waals surface area contributed by atoms with Crippen molar-refractivity contribution in [2.24, 2.45) is 5.92 Å². The second-order valence-electron chi connectivity index (χ2n) is 10.6. The van der Waals surface area contributed by atoms with E-state index >= 15 is 0 Å². The quantitative estimate of drug-likeness (QED) is 0.463. The summed E-state index contributed by atoms with van der Waals surface area (Å²) in [6.07, 6.45) is 12.2. The van der Waals surface area contributed by atoms with Gasteiger partial charge in [-0.25, -0.2) is 9.97 Å². The van der Waals surface area contributed by atoms with Gasteiger partial charge in [-0.1, -0.05) is 36.8 Å². The number of esters is 1. The molecule has 1 amide bonds. The third-order valence-corrected chi connectivity index (χ3v) is 8.28. The summed E-state index contributed by atoms with van der Waals surface area (Å²) in [7, 11) is 0. The highest BCUT2D eigenvalue weighted by Crippen LogP contribution is 2.45. The molecule has 1 spiro atoms. The first-order chi connectivity index (χ1) is 18.1. The predicted octanol–water partition coefficient (Wildman–Crippen LogP) is 5.18. The van der Waals surface area contributed by atoms with Crippen molar-refractivity contribution in [1.29, 1.82) is 0 Å². The minimum atomic E-state index is -0.599. The monoisotopic (exact) mass is 496 g/mol. The van der Waals surface area contributed by atoms with E-state index in [2.05, 4.69) is 22.1 Å². The van der Waals surface area contributed by atoms with Crippen LogP contribution in [0.5, 0.6) is 0 Å². The Bertz CT molecular complexity index is 1270. The van der Waals surface area contributed by atoms with Gasteiger partial charge in [0.25, 0.3) is 0 Å².